The maximum absolute atomic E-state index is 6.17. The minimum atomic E-state index is 0.369. The molecule has 0 aliphatic rings. The van der Waals surface area contributed by atoms with Gasteiger partial charge in [-0.2, -0.15) is 4.80 Å². The molecule has 22 heavy (non-hydrogen) atoms. The third-order valence-corrected chi connectivity index (χ3v) is 3.81. The third-order valence-electron chi connectivity index (χ3n) is 3.44. The number of nitrogens with zero attached hydrogens (tertiary/aromatic N) is 5. The summed E-state index contributed by atoms with van der Waals surface area (Å²) in [4.78, 5) is 5.72. The normalized spacial score (nSPS) is 11.1. The standard InChI is InChI=1S/C16H16ClN5/c1-11(2)13-7-8-18-9-14(13)16-19-21-22(20-16)10-12-5-3-4-6-15(12)17/h3-9,11H,10H2,1-2H3. The quantitative estimate of drug-likeness (QED) is 0.739. The van der Waals surface area contributed by atoms with Crippen LogP contribution in [0.15, 0.2) is 42.7 Å². The second-order valence-corrected chi connectivity index (χ2v) is 5.76. The molecule has 0 saturated carbocycles. The minimum absolute atomic E-state index is 0.369. The molecule has 3 aromatic rings. The van der Waals surface area contributed by atoms with E-state index in [0.717, 1.165) is 16.7 Å². The lowest BCUT2D eigenvalue weighted by Crippen LogP contribution is -2.04. The average Bonchev–Trinajstić information content (AvgIpc) is 2.98. The van der Waals surface area contributed by atoms with Crippen LogP contribution in [0.25, 0.3) is 11.4 Å². The van der Waals surface area contributed by atoms with Crippen LogP contribution in [0.4, 0.5) is 0 Å². The first-order valence-corrected chi connectivity index (χ1v) is 7.48. The monoisotopic (exact) mass is 313 g/mol. The predicted octanol–water partition coefficient (Wildman–Crippen LogP) is 3.56. The third kappa shape index (κ3) is 2.99. The van der Waals surface area contributed by atoms with Crippen LogP contribution >= 0.6 is 11.6 Å². The summed E-state index contributed by atoms with van der Waals surface area (Å²) in [7, 11) is 0. The Morgan fingerprint density at radius 2 is 2.00 bits per heavy atom. The van der Waals surface area contributed by atoms with Gasteiger partial charge in [-0.15, -0.1) is 10.2 Å². The van der Waals surface area contributed by atoms with Crippen LogP contribution in [-0.4, -0.2) is 25.2 Å². The van der Waals surface area contributed by atoms with Crippen LogP contribution < -0.4 is 0 Å². The maximum atomic E-state index is 6.17. The summed E-state index contributed by atoms with van der Waals surface area (Å²) in [6, 6.07) is 9.64. The summed E-state index contributed by atoms with van der Waals surface area (Å²) in [5.74, 6) is 0.956. The van der Waals surface area contributed by atoms with Gasteiger partial charge in [0.05, 0.1) is 6.54 Å². The van der Waals surface area contributed by atoms with E-state index < -0.39 is 0 Å². The molecule has 0 bridgehead atoms. The summed E-state index contributed by atoms with van der Waals surface area (Å²) < 4.78 is 0. The van der Waals surface area contributed by atoms with Crippen molar-refractivity contribution in [1.29, 1.82) is 0 Å². The Morgan fingerprint density at radius 3 is 2.77 bits per heavy atom. The molecule has 0 spiro atoms. The smallest absolute Gasteiger partial charge is 0.206 e. The molecule has 0 amide bonds. The number of pyridine rings is 1. The van der Waals surface area contributed by atoms with Crippen LogP contribution in [0, 0.1) is 0 Å². The van der Waals surface area contributed by atoms with Crippen molar-refractivity contribution < 1.29 is 0 Å². The average molecular weight is 314 g/mol. The van der Waals surface area contributed by atoms with E-state index >= 15 is 0 Å². The molecular weight excluding hydrogens is 298 g/mol. The van der Waals surface area contributed by atoms with Gasteiger partial charge < -0.3 is 0 Å². The molecule has 2 aromatic heterocycles. The van der Waals surface area contributed by atoms with Crippen molar-refractivity contribution >= 4 is 11.6 Å². The maximum Gasteiger partial charge on any atom is 0.206 e. The zero-order chi connectivity index (χ0) is 15.5. The zero-order valence-corrected chi connectivity index (χ0v) is 13.2. The number of hydrogen-bond acceptors (Lipinski definition) is 4. The van der Waals surface area contributed by atoms with Gasteiger partial charge in [0, 0.05) is 23.0 Å². The first-order valence-electron chi connectivity index (χ1n) is 7.10. The molecular formula is C16H16ClN5. The first-order chi connectivity index (χ1) is 10.6. The topological polar surface area (TPSA) is 56.5 Å². The van der Waals surface area contributed by atoms with Crippen LogP contribution in [-0.2, 0) is 6.54 Å². The van der Waals surface area contributed by atoms with Crippen molar-refractivity contribution in [2.75, 3.05) is 0 Å². The summed E-state index contributed by atoms with van der Waals surface area (Å²) in [5, 5.41) is 13.4. The Kier molecular flexibility index (Phi) is 4.15. The van der Waals surface area contributed by atoms with Crippen LogP contribution in [0.1, 0.15) is 30.9 Å². The van der Waals surface area contributed by atoms with E-state index in [-0.39, 0.29) is 0 Å². The van der Waals surface area contributed by atoms with Gasteiger partial charge in [0.1, 0.15) is 0 Å². The van der Waals surface area contributed by atoms with E-state index in [1.807, 2.05) is 30.3 Å². The van der Waals surface area contributed by atoms with Gasteiger partial charge >= 0.3 is 0 Å². The lowest BCUT2D eigenvalue weighted by atomic mass is 9.99. The summed E-state index contributed by atoms with van der Waals surface area (Å²) >= 11 is 6.17. The van der Waals surface area contributed by atoms with Crippen molar-refractivity contribution in [2.45, 2.75) is 26.3 Å². The van der Waals surface area contributed by atoms with E-state index in [4.69, 9.17) is 11.6 Å². The Morgan fingerprint density at radius 1 is 1.18 bits per heavy atom. The summed E-state index contributed by atoms with van der Waals surface area (Å²) in [6.45, 7) is 4.75. The van der Waals surface area contributed by atoms with Crippen molar-refractivity contribution in [3.05, 3.63) is 58.9 Å². The Labute approximate surface area is 134 Å². The van der Waals surface area contributed by atoms with Gasteiger partial charge in [0.25, 0.3) is 0 Å². The van der Waals surface area contributed by atoms with E-state index in [1.54, 1.807) is 17.2 Å². The Bertz CT molecular complexity index is 781. The first kappa shape index (κ1) is 14.7. The van der Waals surface area contributed by atoms with E-state index in [9.17, 15) is 0 Å². The lowest BCUT2D eigenvalue weighted by molar-refractivity contribution is 0.573. The molecule has 0 fully saturated rings. The molecule has 3 rings (SSSR count). The fraction of sp³-hybridized carbons (Fsp3) is 0.250. The molecule has 0 unspecified atom stereocenters. The lowest BCUT2D eigenvalue weighted by Gasteiger charge is -2.08. The Hall–Kier alpha value is -2.27. The number of rotatable bonds is 4. The van der Waals surface area contributed by atoms with Crippen LogP contribution in [0.3, 0.4) is 0 Å². The molecule has 0 aliphatic heterocycles. The van der Waals surface area contributed by atoms with Crippen molar-refractivity contribution in [3.8, 4) is 11.4 Å². The number of halogens is 1. The molecule has 0 atom stereocenters. The van der Waals surface area contributed by atoms with Gasteiger partial charge in [-0.05, 0) is 34.4 Å². The Balaban J connectivity index is 1.90. The molecule has 2 heterocycles. The molecule has 5 nitrogen and oxygen atoms in total. The molecule has 0 aliphatic carbocycles. The summed E-state index contributed by atoms with van der Waals surface area (Å²) in [5.41, 5.74) is 3.04. The predicted molar refractivity (Wildman–Crippen MR) is 85.7 cm³/mol. The van der Waals surface area contributed by atoms with Crippen LogP contribution in [0.2, 0.25) is 5.02 Å². The molecule has 0 saturated heterocycles. The van der Waals surface area contributed by atoms with Crippen molar-refractivity contribution in [3.63, 3.8) is 0 Å². The molecule has 6 heteroatoms. The molecule has 0 N–H and O–H groups in total. The zero-order valence-electron chi connectivity index (χ0n) is 12.4. The van der Waals surface area contributed by atoms with Gasteiger partial charge in [-0.3, -0.25) is 4.98 Å². The number of hydrogen-bond donors (Lipinski definition) is 0. The molecule has 0 radical (unpaired) electrons. The summed E-state index contributed by atoms with van der Waals surface area (Å²) in [6.07, 6.45) is 3.57. The highest BCUT2D eigenvalue weighted by atomic mass is 35.5. The van der Waals surface area contributed by atoms with Crippen LogP contribution in [0.5, 0.6) is 0 Å². The number of aromatic nitrogens is 5. The van der Waals surface area contributed by atoms with Gasteiger partial charge in [0.2, 0.25) is 5.82 Å². The SMILES string of the molecule is CC(C)c1ccncc1-c1nnn(Cc2ccccc2Cl)n1. The highest BCUT2D eigenvalue weighted by Crippen LogP contribution is 2.25. The minimum Gasteiger partial charge on any atom is -0.264 e. The molecule has 1 aromatic carbocycles. The molecule has 112 valence electrons. The van der Waals surface area contributed by atoms with E-state index in [1.165, 1.54) is 0 Å². The van der Waals surface area contributed by atoms with Crippen molar-refractivity contribution in [1.82, 2.24) is 25.2 Å². The van der Waals surface area contributed by atoms with Crippen molar-refractivity contribution in [2.24, 2.45) is 0 Å². The van der Waals surface area contributed by atoms with E-state index in [2.05, 4.69) is 34.2 Å². The second-order valence-electron chi connectivity index (χ2n) is 5.35. The van der Waals surface area contributed by atoms with Gasteiger partial charge in [-0.25, -0.2) is 0 Å². The highest BCUT2D eigenvalue weighted by Gasteiger charge is 2.13. The van der Waals surface area contributed by atoms with Gasteiger partial charge in [0.15, 0.2) is 0 Å². The van der Waals surface area contributed by atoms with Gasteiger partial charge in [-0.1, -0.05) is 43.6 Å². The number of benzene rings is 1. The largest absolute Gasteiger partial charge is 0.264 e. The number of tetrazole rings is 1. The highest BCUT2D eigenvalue weighted by molar-refractivity contribution is 6.31. The fourth-order valence-electron chi connectivity index (χ4n) is 2.29. The fourth-order valence-corrected chi connectivity index (χ4v) is 2.49. The van der Waals surface area contributed by atoms with E-state index in [0.29, 0.717) is 23.3 Å². The second kappa shape index (κ2) is 6.23.